The van der Waals surface area contributed by atoms with E-state index >= 15 is 0 Å². The van der Waals surface area contributed by atoms with Gasteiger partial charge in [0, 0.05) is 19.2 Å². The van der Waals surface area contributed by atoms with E-state index in [1.54, 1.807) is 11.9 Å². The number of carbonyl (C=O) groups excluding carboxylic acids is 1. The number of hydrogen-bond donors (Lipinski definition) is 1. The van der Waals surface area contributed by atoms with Gasteiger partial charge in [0.25, 0.3) is 5.91 Å². The number of aliphatic hydroxyl groups excluding tert-OH is 1. The average molecular weight is 261 g/mol. The second kappa shape index (κ2) is 5.33. The molecule has 0 heterocycles. The summed E-state index contributed by atoms with van der Waals surface area (Å²) < 4.78 is 0. The van der Waals surface area contributed by atoms with Crippen LogP contribution in [0.15, 0.2) is 18.2 Å². The van der Waals surface area contributed by atoms with E-state index < -0.39 is 0 Å². The Kier molecular flexibility index (Phi) is 3.95. The fraction of sp³-hybridized carbons (Fsp3) is 0.562. The Labute approximate surface area is 115 Å². The van der Waals surface area contributed by atoms with Gasteiger partial charge in [-0.2, -0.15) is 0 Å². The van der Waals surface area contributed by atoms with Crippen LogP contribution >= 0.6 is 0 Å². The minimum atomic E-state index is -0.0231. The first kappa shape index (κ1) is 14.1. The molecule has 3 heteroatoms. The molecule has 1 aromatic carbocycles. The summed E-state index contributed by atoms with van der Waals surface area (Å²) in [5, 5.41) is 8.88. The zero-order chi connectivity index (χ0) is 14.0. The van der Waals surface area contributed by atoms with Crippen LogP contribution in [0.5, 0.6) is 0 Å². The molecular formula is C16H23NO2. The van der Waals surface area contributed by atoms with Gasteiger partial charge < -0.3 is 10.0 Å². The molecule has 0 radical (unpaired) electrons. The van der Waals surface area contributed by atoms with Gasteiger partial charge in [0.15, 0.2) is 0 Å². The standard InChI is InChI=1S/C16H23NO2/c1-4-16(7-8-16)14-6-5-13(11-12(14)2)15(19)17(3)9-10-18/h5-6,11,18H,4,7-10H2,1-3H3. The molecule has 1 aliphatic carbocycles. The summed E-state index contributed by atoms with van der Waals surface area (Å²) in [6.45, 7) is 4.70. The second-order valence-electron chi connectivity index (χ2n) is 5.61. The van der Waals surface area contributed by atoms with Crippen molar-refractivity contribution in [2.75, 3.05) is 20.2 Å². The Hall–Kier alpha value is -1.35. The van der Waals surface area contributed by atoms with Gasteiger partial charge in [-0.25, -0.2) is 0 Å². The highest BCUT2D eigenvalue weighted by atomic mass is 16.3. The number of rotatable bonds is 5. The van der Waals surface area contributed by atoms with Gasteiger partial charge in [-0.05, 0) is 54.9 Å². The Morgan fingerprint density at radius 1 is 1.42 bits per heavy atom. The molecule has 0 saturated heterocycles. The minimum absolute atomic E-state index is 0.00173. The topological polar surface area (TPSA) is 40.5 Å². The van der Waals surface area contributed by atoms with E-state index in [2.05, 4.69) is 19.9 Å². The maximum absolute atomic E-state index is 12.1. The molecule has 1 aliphatic rings. The number of benzene rings is 1. The SMILES string of the molecule is CCC1(c2ccc(C(=O)N(C)CCO)cc2C)CC1. The van der Waals surface area contributed by atoms with Gasteiger partial charge >= 0.3 is 0 Å². The first-order chi connectivity index (χ1) is 9.04. The molecule has 0 aromatic heterocycles. The smallest absolute Gasteiger partial charge is 0.253 e. The van der Waals surface area contributed by atoms with Crippen LogP contribution in [0.2, 0.25) is 0 Å². The summed E-state index contributed by atoms with van der Waals surface area (Å²) >= 11 is 0. The van der Waals surface area contributed by atoms with Gasteiger partial charge in [0.2, 0.25) is 0 Å². The molecule has 0 spiro atoms. The quantitative estimate of drug-likeness (QED) is 0.884. The summed E-state index contributed by atoms with van der Waals surface area (Å²) in [6.07, 6.45) is 3.70. The molecule has 3 nitrogen and oxygen atoms in total. The van der Waals surface area contributed by atoms with Crippen LogP contribution in [0.4, 0.5) is 0 Å². The van der Waals surface area contributed by atoms with E-state index in [0.717, 1.165) is 0 Å². The molecule has 19 heavy (non-hydrogen) atoms. The van der Waals surface area contributed by atoms with Crippen LogP contribution in [0, 0.1) is 6.92 Å². The summed E-state index contributed by atoms with van der Waals surface area (Å²) in [6, 6.07) is 6.03. The zero-order valence-electron chi connectivity index (χ0n) is 12.1. The number of amides is 1. The van der Waals surface area contributed by atoms with Crippen LogP contribution in [-0.2, 0) is 5.41 Å². The van der Waals surface area contributed by atoms with Crippen molar-refractivity contribution >= 4 is 5.91 Å². The fourth-order valence-corrected chi connectivity index (χ4v) is 2.83. The molecule has 0 unspecified atom stereocenters. The lowest BCUT2D eigenvalue weighted by atomic mass is 9.88. The second-order valence-corrected chi connectivity index (χ2v) is 5.61. The normalized spacial score (nSPS) is 16.2. The van der Waals surface area contributed by atoms with Crippen molar-refractivity contribution < 1.29 is 9.90 Å². The van der Waals surface area contributed by atoms with E-state index in [1.165, 1.54) is 30.4 Å². The van der Waals surface area contributed by atoms with Crippen LogP contribution in [0.3, 0.4) is 0 Å². The van der Waals surface area contributed by atoms with Gasteiger partial charge in [0.1, 0.15) is 0 Å². The number of aliphatic hydroxyl groups is 1. The number of nitrogens with zero attached hydrogens (tertiary/aromatic N) is 1. The van der Waals surface area contributed by atoms with Crippen LogP contribution in [0.25, 0.3) is 0 Å². The molecule has 2 rings (SSSR count). The summed E-state index contributed by atoms with van der Waals surface area (Å²) in [5.41, 5.74) is 3.70. The van der Waals surface area contributed by atoms with E-state index in [4.69, 9.17) is 5.11 Å². The molecule has 1 saturated carbocycles. The van der Waals surface area contributed by atoms with Crippen LogP contribution in [0.1, 0.15) is 47.7 Å². The minimum Gasteiger partial charge on any atom is -0.395 e. The molecule has 104 valence electrons. The maximum Gasteiger partial charge on any atom is 0.253 e. The van der Waals surface area contributed by atoms with Crippen molar-refractivity contribution in [3.05, 3.63) is 34.9 Å². The number of aryl methyl sites for hydroxylation is 1. The van der Waals surface area contributed by atoms with Gasteiger partial charge in [-0.15, -0.1) is 0 Å². The molecule has 0 aliphatic heterocycles. The third kappa shape index (κ3) is 2.66. The van der Waals surface area contributed by atoms with Crippen molar-refractivity contribution in [2.24, 2.45) is 0 Å². The van der Waals surface area contributed by atoms with Crippen LogP contribution in [-0.4, -0.2) is 36.1 Å². The first-order valence-corrected chi connectivity index (χ1v) is 7.01. The largest absolute Gasteiger partial charge is 0.395 e. The molecule has 1 fully saturated rings. The lowest BCUT2D eigenvalue weighted by Gasteiger charge is -2.19. The van der Waals surface area contributed by atoms with Gasteiger partial charge in [-0.3, -0.25) is 4.79 Å². The molecule has 1 aromatic rings. The van der Waals surface area contributed by atoms with Crippen molar-refractivity contribution in [1.82, 2.24) is 4.90 Å². The third-order valence-electron chi connectivity index (χ3n) is 4.36. The van der Waals surface area contributed by atoms with E-state index in [-0.39, 0.29) is 12.5 Å². The third-order valence-corrected chi connectivity index (χ3v) is 4.36. The predicted molar refractivity (Wildman–Crippen MR) is 76.4 cm³/mol. The lowest BCUT2D eigenvalue weighted by molar-refractivity contribution is 0.0767. The highest BCUT2D eigenvalue weighted by Gasteiger charge is 2.43. The van der Waals surface area contributed by atoms with Gasteiger partial charge in [-0.1, -0.05) is 13.0 Å². The Balaban J connectivity index is 2.22. The Bertz CT molecular complexity index is 478. The zero-order valence-corrected chi connectivity index (χ0v) is 12.1. The monoisotopic (exact) mass is 261 g/mol. The van der Waals surface area contributed by atoms with Crippen molar-refractivity contribution in [2.45, 2.75) is 38.5 Å². The number of hydrogen-bond acceptors (Lipinski definition) is 2. The summed E-state index contributed by atoms with van der Waals surface area (Å²) in [4.78, 5) is 13.7. The highest BCUT2D eigenvalue weighted by Crippen LogP contribution is 2.51. The van der Waals surface area contributed by atoms with E-state index in [9.17, 15) is 4.79 Å². The lowest BCUT2D eigenvalue weighted by Crippen LogP contribution is -2.29. The molecule has 1 amide bonds. The number of carbonyl (C=O) groups is 1. The Morgan fingerprint density at radius 3 is 2.58 bits per heavy atom. The van der Waals surface area contributed by atoms with E-state index in [1.807, 2.05) is 12.1 Å². The van der Waals surface area contributed by atoms with E-state index in [0.29, 0.717) is 17.5 Å². The first-order valence-electron chi connectivity index (χ1n) is 7.01. The van der Waals surface area contributed by atoms with Crippen molar-refractivity contribution in [3.63, 3.8) is 0 Å². The van der Waals surface area contributed by atoms with Crippen LogP contribution < -0.4 is 0 Å². The number of likely N-dealkylation sites (N-methyl/N-ethyl adjacent to an activating group) is 1. The maximum atomic E-state index is 12.1. The average Bonchev–Trinajstić information content (AvgIpc) is 3.19. The summed E-state index contributed by atoms with van der Waals surface area (Å²) in [7, 11) is 1.72. The fourth-order valence-electron chi connectivity index (χ4n) is 2.83. The van der Waals surface area contributed by atoms with Crippen molar-refractivity contribution in [3.8, 4) is 0 Å². The Morgan fingerprint density at radius 2 is 2.11 bits per heavy atom. The predicted octanol–water partition coefficient (Wildman–Crippen LogP) is 2.50. The highest BCUT2D eigenvalue weighted by molar-refractivity contribution is 5.94. The van der Waals surface area contributed by atoms with Crippen molar-refractivity contribution in [1.29, 1.82) is 0 Å². The molecular weight excluding hydrogens is 238 g/mol. The molecule has 0 atom stereocenters. The van der Waals surface area contributed by atoms with Gasteiger partial charge in [0.05, 0.1) is 6.61 Å². The summed E-state index contributed by atoms with van der Waals surface area (Å²) in [5.74, 6) is -0.0231. The molecule has 0 bridgehead atoms. The molecule has 1 N–H and O–H groups in total.